The standard InChI is InChI=1S/C16H21N5O2/c1-9-6-12(10(2)20(9)3)15(23)21-5-4-11(8-21)13-7-14(22)19-16(17)18-13/h6-7,11H,4-5,8H2,1-3H3,(H3,17,18,19,22). The second-order valence-corrected chi connectivity index (χ2v) is 6.14. The smallest absolute Gasteiger partial charge is 0.255 e. The molecular formula is C16H21N5O2. The van der Waals surface area contributed by atoms with Gasteiger partial charge in [-0.2, -0.15) is 0 Å². The SMILES string of the molecule is Cc1cc(C(=O)N2CCC(c3cc(=O)[nH]c(N)n3)C2)c(C)n1C. The molecule has 1 amide bonds. The number of nitrogens with zero attached hydrogens (tertiary/aromatic N) is 3. The van der Waals surface area contributed by atoms with Crippen LogP contribution >= 0.6 is 0 Å². The summed E-state index contributed by atoms with van der Waals surface area (Å²) in [4.78, 5) is 32.7. The highest BCUT2D eigenvalue weighted by atomic mass is 16.2. The van der Waals surface area contributed by atoms with Crippen LogP contribution < -0.4 is 11.3 Å². The Morgan fingerprint density at radius 1 is 1.39 bits per heavy atom. The highest BCUT2D eigenvalue weighted by Gasteiger charge is 2.30. The van der Waals surface area contributed by atoms with Crippen molar-refractivity contribution in [2.24, 2.45) is 7.05 Å². The summed E-state index contributed by atoms with van der Waals surface area (Å²) in [7, 11) is 1.96. The maximum absolute atomic E-state index is 12.7. The summed E-state index contributed by atoms with van der Waals surface area (Å²) in [5.41, 5.74) is 8.77. The number of amides is 1. The van der Waals surface area contributed by atoms with Crippen LogP contribution in [0.1, 0.15) is 39.8 Å². The minimum absolute atomic E-state index is 0.0338. The summed E-state index contributed by atoms with van der Waals surface area (Å²) in [6.07, 6.45) is 0.784. The highest BCUT2D eigenvalue weighted by Crippen LogP contribution is 2.27. The molecule has 1 aliphatic rings. The molecule has 3 rings (SSSR count). The fraction of sp³-hybridized carbons (Fsp3) is 0.438. The lowest BCUT2D eigenvalue weighted by molar-refractivity contribution is 0.0790. The van der Waals surface area contributed by atoms with Gasteiger partial charge in [-0.3, -0.25) is 14.6 Å². The van der Waals surface area contributed by atoms with E-state index in [-0.39, 0.29) is 23.3 Å². The average molecular weight is 315 g/mol. The van der Waals surface area contributed by atoms with E-state index in [0.29, 0.717) is 18.8 Å². The van der Waals surface area contributed by atoms with Crippen LogP contribution in [0.2, 0.25) is 0 Å². The van der Waals surface area contributed by atoms with Crippen molar-refractivity contribution in [1.29, 1.82) is 0 Å². The van der Waals surface area contributed by atoms with E-state index < -0.39 is 0 Å². The Balaban J connectivity index is 1.80. The number of nitrogen functional groups attached to an aromatic ring is 1. The van der Waals surface area contributed by atoms with E-state index in [2.05, 4.69) is 9.97 Å². The summed E-state index contributed by atoms with van der Waals surface area (Å²) in [5, 5.41) is 0. The molecule has 0 aliphatic carbocycles. The van der Waals surface area contributed by atoms with Gasteiger partial charge < -0.3 is 15.2 Å². The van der Waals surface area contributed by atoms with Gasteiger partial charge in [0, 0.05) is 43.5 Å². The summed E-state index contributed by atoms with van der Waals surface area (Å²) in [5.74, 6) is 0.201. The number of aryl methyl sites for hydroxylation is 1. The van der Waals surface area contributed by atoms with Crippen molar-refractivity contribution in [2.75, 3.05) is 18.8 Å². The fourth-order valence-electron chi connectivity index (χ4n) is 3.13. The average Bonchev–Trinajstić information content (AvgIpc) is 3.07. The van der Waals surface area contributed by atoms with Crippen molar-refractivity contribution >= 4 is 11.9 Å². The molecule has 0 radical (unpaired) electrons. The van der Waals surface area contributed by atoms with E-state index >= 15 is 0 Å². The molecule has 1 atom stereocenters. The van der Waals surface area contributed by atoms with Gasteiger partial charge in [0.25, 0.3) is 11.5 Å². The molecule has 0 aromatic carbocycles. The summed E-state index contributed by atoms with van der Waals surface area (Å²) >= 11 is 0. The third-order valence-electron chi connectivity index (χ3n) is 4.68. The lowest BCUT2D eigenvalue weighted by Gasteiger charge is -2.16. The zero-order chi connectivity index (χ0) is 16.7. The topological polar surface area (TPSA) is 97.0 Å². The molecule has 0 spiro atoms. The number of carbonyl (C=O) groups is 1. The van der Waals surface area contributed by atoms with Gasteiger partial charge >= 0.3 is 0 Å². The van der Waals surface area contributed by atoms with Crippen molar-refractivity contribution in [3.8, 4) is 0 Å². The summed E-state index contributed by atoms with van der Waals surface area (Å²) < 4.78 is 2.01. The predicted molar refractivity (Wildman–Crippen MR) is 87.4 cm³/mol. The second kappa shape index (κ2) is 5.57. The Kier molecular flexibility index (Phi) is 3.71. The van der Waals surface area contributed by atoms with E-state index in [9.17, 15) is 9.59 Å². The maximum atomic E-state index is 12.7. The Bertz CT molecular complexity index is 820. The Labute approximate surface area is 134 Å². The number of hydrogen-bond acceptors (Lipinski definition) is 4. The number of nitrogens with two attached hydrogens (primary N) is 1. The van der Waals surface area contributed by atoms with E-state index in [0.717, 1.165) is 23.4 Å². The van der Waals surface area contributed by atoms with Gasteiger partial charge in [0.05, 0.1) is 11.3 Å². The highest BCUT2D eigenvalue weighted by molar-refractivity contribution is 5.96. The van der Waals surface area contributed by atoms with E-state index in [4.69, 9.17) is 5.73 Å². The number of aromatic nitrogens is 3. The van der Waals surface area contributed by atoms with Gasteiger partial charge in [-0.05, 0) is 26.3 Å². The Morgan fingerprint density at radius 3 is 2.74 bits per heavy atom. The van der Waals surface area contributed by atoms with Crippen LogP contribution in [0.15, 0.2) is 16.9 Å². The number of aromatic amines is 1. The normalized spacial score (nSPS) is 17.7. The first kappa shape index (κ1) is 15.3. The molecule has 3 heterocycles. The minimum atomic E-state index is -0.258. The molecule has 3 N–H and O–H groups in total. The number of H-pyrrole nitrogens is 1. The largest absolute Gasteiger partial charge is 0.369 e. The van der Waals surface area contributed by atoms with Gasteiger partial charge in [-0.1, -0.05) is 0 Å². The van der Waals surface area contributed by atoms with Gasteiger partial charge in [-0.15, -0.1) is 0 Å². The number of anilines is 1. The first-order valence-corrected chi connectivity index (χ1v) is 7.65. The van der Waals surface area contributed by atoms with Crippen LogP contribution in [-0.2, 0) is 7.05 Å². The molecule has 2 aromatic heterocycles. The second-order valence-electron chi connectivity index (χ2n) is 6.14. The first-order chi connectivity index (χ1) is 10.9. The molecular weight excluding hydrogens is 294 g/mol. The van der Waals surface area contributed by atoms with Crippen LogP contribution in [0.5, 0.6) is 0 Å². The number of likely N-dealkylation sites (tertiary alicyclic amines) is 1. The van der Waals surface area contributed by atoms with Gasteiger partial charge in [0.15, 0.2) is 0 Å². The Morgan fingerprint density at radius 2 is 2.13 bits per heavy atom. The van der Waals surface area contributed by atoms with E-state index in [1.807, 2.05) is 36.4 Å². The molecule has 23 heavy (non-hydrogen) atoms. The van der Waals surface area contributed by atoms with Crippen molar-refractivity contribution in [1.82, 2.24) is 19.4 Å². The van der Waals surface area contributed by atoms with Crippen LogP contribution in [0.3, 0.4) is 0 Å². The van der Waals surface area contributed by atoms with Crippen molar-refractivity contribution < 1.29 is 4.79 Å². The van der Waals surface area contributed by atoms with Crippen molar-refractivity contribution in [3.05, 3.63) is 45.1 Å². The molecule has 122 valence electrons. The van der Waals surface area contributed by atoms with Gasteiger partial charge in [-0.25, -0.2) is 4.98 Å². The molecule has 0 saturated carbocycles. The van der Waals surface area contributed by atoms with Gasteiger partial charge in [0.2, 0.25) is 5.95 Å². The maximum Gasteiger partial charge on any atom is 0.255 e. The van der Waals surface area contributed by atoms with Crippen LogP contribution in [0.25, 0.3) is 0 Å². The minimum Gasteiger partial charge on any atom is -0.369 e. The van der Waals surface area contributed by atoms with E-state index in [1.165, 1.54) is 6.07 Å². The van der Waals surface area contributed by atoms with Crippen LogP contribution in [-0.4, -0.2) is 38.4 Å². The number of nitrogens with one attached hydrogen (secondary N) is 1. The first-order valence-electron chi connectivity index (χ1n) is 7.65. The molecule has 1 saturated heterocycles. The Hall–Kier alpha value is -2.57. The van der Waals surface area contributed by atoms with Crippen LogP contribution in [0.4, 0.5) is 5.95 Å². The van der Waals surface area contributed by atoms with Crippen molar-refractivity contribution in [3.63, 3.8) is 0 Å². The molecule has 7 heteroatoms. The van der Waals surface area contributed by atoms with Gasteiger partial charge in [0.1, 0.15) is 0 Å². The number of hydrogen-bond donors (Lipinski definition) is 2. The zero-order valence-corrected chi connectivity index (χ0v) is 13.6. The quantitative estimate of drug-likeness (QED) is 0.862. The lowest BCUT2D eigenvalue weighted by atomic mass is 10.1. The summed E-state index contributed by atoms with van der Waals surface area (Å²) in [6.45, 7) is 5.15. The zero-order valence-electron chi connectivity index (χ0n) is 13.6. The summed E-state index contributed by atoms with van der Waals surface area (Å²) in [6, 6.07) is 3.39. The molecule has 2 aromatic rings. The third kappa shape index (κ3) is 2.74. The number of rotatable bonds is 2. The fourth-order valence-corrected chi connectivity index (χ4v) is 3.13. The van der Waals surface area contributed by atoms with E-state index in [1.54, 1.807) is 0 Å². The predicted octanol–water partition coefficient (Wildman–Crippen LogP) is 0.937. The number of carbonyl (C=O) groups excluding carboxylic acids is 1. The lowest BCUT2D eigenvalue weighted by Crippen LogP contribution is -2.29. The molecule has 7 nitrogen and oxygen atoms in total. The molecule has 0 bridgehead atoms. The van der Waals surface area contributed by atoms with Crippen molar-refractivity contribution in [2.45, 2.75) is 26.2 Å². The molecule has 1 fully saturated rings. The molecule has 1 aliphatic heterocycles. The monoisotopic (exact) mass is 315 g/mol. The van der Waals surface area contributed by atoms with Crippen LogP contribution in [0, 0.1) is 13.8 Å². The third-order valence-corrected chi connectivity index (χ3v) is 4.68. The molecule has 1 unspecified atom stereocenters.